The largest absolute Gasteiger partial charge is 0.359 e. The second-order valence-corrected chi connectivity index (χ2v) is 3.82. The van der Waals surface area contributed by atoms with E-state index < -0.39 is 0 Å². The van der Waals surface area contributed by atoms with E-state index in [-0.39, 0.29) is 0 Å². The minimum Gasteiger partial charge on any atom is -0.359 e. The standard InChI is InChI=1S/C10H14BrN3/c1-7-6-8(11)4-5-9(7)14-10(12-2)13-3/h4-6H,1-3H3,(H2,12,13,14). The second kappa shape index (κ2) is 5.00. The molecular formula is C10H14BrN3. The number of aryl methyl sites for hydroxylation is 1. The van der Waals surface area contributed by atoms with Crippen molar-refractivity contribution in [1.29, 1.82) is 0 Å². The van der Waals surface area contributed by atoms with Crippen molar-refractivity contribution in [2.24, 2.45) is 4.99 Å². The first-order chi connectivity index (χ1) is 6.67. The molecule has 14 heavy (non-hydrogen) atoms. The number of aliphatic imine (C=N–C) groups is 1. The van der Waals surface area contributed by atoms with Gasteiger partial charge in [0, 0.05) is 24.3 Å². The van der Waals surface area contributed by atoms with Crippen molar-refractivity contribution in [2.45, 2.75) is 6.92 Å². The fourth-order valence-electron chi connectivity index (χ4n) is 1.13. The van der Waals surface area contributed by atoms with Crippen LogP contribution in [0.2, 0.25) is 0 Å². The molecule has 3 nitrogen and oxygen atoms in total. The number of hydrogen-bond donors (Lipinski definition) is 2. The first-order valence-electron chi connectivity index (χ1n) is 4.35. The van der Waals surface area contributed by atoms with E-state index in [1.54, 1.807) is 7.05 Å². The maximum absolute atomic E-state index is 4.05. The number of nitrogens with zero attached hydrogens (tertiary/aromatic N) is 1. The minimum atomic E-state index is 0.760. The highest BCUT2D eigenvalue weighted by molar-refractivity contribution is 9.10. The number of guanidine groups is 1. The summed E-state index contributed by atoms with van der Waals surface area (Å²) < 4.78 is 1.08. The van der Waals surface area contributed by atoms with E-state index in [0.717, 1.165) is 16.1 Å². The van der Waals surface area contributed by atoms with Crippen LogP contribution in [0.4, 0.5) is 5.69 Å². The van der Waals surface area contributed by atoms with Crippen LogP contribution in [0.15, 0.2) is 27.7 Å². The van der Waals surface area contributed by atoms with E-state index in [9.17, 15) is 0 Å². The molecule has 0 unspecified atom stereocenters. The number of nitrogens with one attached hydrogen (secondary N) is 2. The van der Waals surface area contributed by atoms with Crippen LogP contribution >= 0.6 is 15.9 Å². The van der Waals surface area contributed by atoms with E-state index in [0.29, 0.717) is 0 Å². The second-order valence-electron chi connectivity index (χ2n) is 2.91. The van der Waals surface area contributed by atoms with Crippen LogP contribution in [-0.2, 0) is 0 Å². The topological polar surface area (TPSA) is 36.4 Å². The summed E-state index contributed by atoms with van der Waals surface area (Å²) in [5.74, 6) is 0.760. The molecule has 0 aliphatic heterocycles. The maximum Gasteiger partial charge on any atom is 0.195 e. The third kappa shape index (κ3) is 2.73. The normalized spacial score (nSPS) is 11.3. The average molecular weight is 256 g/mol. The smallest absolute Gasteiger partial charge is 0.195 e. The van der Waals surface area contributed by atoms with E-state index in [1.165, 1.54) is 5.56 Å². The Balaban J connectivity index is 2.87. The summed E-state index contributed by atoms with van der Waals surface area (Å²) in [5, 5.41) is 6.16. The molecule has 0 saturated carbocycles. The Kier molecular flexibility index (Phi) is 3.95. The first kappa shape index (κ1) is 11.0. The molecule has 0 heterocycles. The van der Waals surface area contributed by atoms with Crippen molar-refractivity contribution in [1.82, 2.24) is 5.32 Å². The van der Waals surface area contributed by atoms with Gasteiger partial charge in [-0.15, -0.1) is 0 Å². The predicted molar refractivity (Wildman–Crippen MR) is 64.9 cm³/mol. The fraction of sp³-hybridized carbons (Fsp3) is 0.300. The van der Waals surface area contributed by atoms with Crippen LogP contribution < -0.4 is 10.6 Å². The Morgan fingerprint density at radius 1 is 1.43 bits per heavy atom. The molecule has 0 aromatic heterocycles. The summed E-state index contributed by atoms with van der Waals surface area (Å²) in [6.45, 7) is 2.05. The highest BCUT2D eigenvalue weighted by Gasteiger charge is 2.00. The highest BCUT2D eigenvalue weighted by atomic mass is 79.9. The van der Waals surface area contributed by atoms with Gasteiger partial charge in [0.1, 0.15) is 0 Å². The molecule has 0 radical (unpaired) electrons. The molecule has 0 spiro atoms. The Labute approximate surface area is 92.8 Å². The Hall–Kier alpha value is -1.03. The van der Waals surface area contributed by atoms with Crippen LogP contribution in [0.5, 0.6) is 0 Å². The van der Waals surface area contributed by atoms with Gasteiger partial charge >= 0.3 is 0 Å². The summed E-state index contributed by atoms with van der Waals surface area (Å²) in [7, 11) is 3.58. The molecule has 1 rings (SSSR count). The minimum absolute atomic E-state index is 0.760. The summed E-state index contributed by atoms with van der Waals surface area (Å²) in [5.41, 5.74) is 2.24. The molecule has 1 aromatic carbocycles. The quantitative estimate of drug-likeness (QED) is 0.597. The molecule has 76 valence electrons. The number of halogens is 1. The van der Waals surface area contributed by atoms with Crippen molar-refractivity contribution >= 4 is 27.6 Å². The number of benzene rings is 1. The van der Waals surface area contributed by atoms with Crippen LogP contribution in [0.3, 0.4) is 0 Å². The molecule has 0 fully saturated rings. The van der Waals surface area contributed by atoms with Crippen molar-refractivity contribution < 1.29 is 0 Å². The molecule has 0 aliphatic rings. The summed E-state index contributed by atoms with van der Waals surface area (Å²) in [6, 6.07) is 6.07. The molecule has 1 aromatic rings. The molecule has 2 N–H and O–H groups in total. The van der Waals surface area contributed by atoms with Gasteiger partial charge in [0.15, 0.2) is 5.96 Å². The third-order valence-electron chi connectivity index (χ3n) is 1.90. The third-order valence-corrected chi connectivity index (χ3v) is 2.40. The van der Waals surface area contributed by atoms with Crippen LogP contribution in [0, 0.1) is 6.92 Å². The Bertz CT molecular complexity index is 347. The number of rotatable bonds is 1. The van der Waals surface area contributed by atoms with E-state index >= 15 is 0 Å². The van der Waals surface area contributed by atoms with Crippen molar-refractivity contribution in [3.05, 3.63) is 28.2 Å². The van der Waals surface area contributed by atoms with Gasteiger partial charge in [-0.25, -0.2) is 0 Å². The van der Waals surface area contributed by atoms with Gasteiger partial charge in [0.2, 0.25) is 0 Å². The van der Waals surface area contributed by atoms with E-state index in [2.05, 4.69) is 44.5 Å². The average Bonchev–Trinajstić information content (AvgIpc) is 2.17. The summed E-state index contributed by atoms with van der Waals surface area (Å²) in [6.07, 6.45) is 0. The zero-order valence-corrected chi connectivity index (χ0v) is 10.1. The SMILES string of the molecule is CN=C(NC)Nc1ccc(Br)cc1C. The first-order valence-corrected chi connectivity index (χ1v) is 5.14. The lowest BCUT2D eigenvalue weighted by Gasteiger charge is -2.11. The molecule has 0 saturated heterocycles. The Morgan fingerprint density at radius 2 is 2.14 bits per heavy atom. The van der Waals surface area contributed by atoms with Crippen LogP contribution in [-0.4, -0.2) is 20.1 Å². The van der Waals surface area contributed by atoms with Gasteiger partial charge in [0.05, 0.1) is 0 Å². The summed E-state index contributed by atoms with van der Waals surface area (Å²) in [4.78, 5) is 4.05. The zero-order valence-electron chi connectivity index (χ0n) is 8.56. The van der Waals surface area contributed by atoms with Gasteiger partial charge in [0.25, 0.3) is 0 Å². The summed E-state index contributed by atoms with van der Waals surface area (Å²) >= 11 is 3.42. The predicted octanol–water partition coefficient (Wildman–Crippen LogP) is 2.37. The van der Waals surface area contributed by atoms with Crippen LogP contribution in [0.1, 0.15) is 5.56 Å². The monoisotopic (exact) mass is 255 g/mol. The van der Waals surface area contributed by atoms with Gasteiger partial charge < -0.3 is 10.6 Å². The number of hydrogen-bond acceptors (Lipinski definition) is 1. The zero-order chi connectivity index (χ0) is 10.6. The lowest BCUT2D eigenvalue weighted by Crippen LogP contribution is -2.27. The molecule has 4 heteroatoms. The van der Waals surface area contributed by atoms with Crippen LogP contribution in [0.25, 0.3) is 0 Å². The van der Waals surface area contributed by atoms with Crippen molar-refractivity contribution in [2.75, 3.05) is 19.4 Å². The molecule has 0 bridgehead atoms. The lowest BCUT2D eigenvalue weighted by molar-refractivity contribution is 1.14. The fourth-order valence-corrected chi connectivity index (χ4v) is 1.60. The highest BCUT2D eigenvalue weighted by Crippen LogP contribution is 2.19. The number of anilines is 1. The van der Waals surface area contributed by atoms with Gasteiger partial charge in [-0.3, -0.25) is 4.99 Å². The van der Waals surface area contributed by atoms with Crippen molar-refractivity contribution in [3.8, 4) is 0 Å². The van der Waals surface area contributed by atoms with Gasteiger partial charge in [-0.2, -0.15) is 0 Å². The van der Waals surface area contributed by atoms with E-state index in [1.807, 2.05) is 19.2 Å². The molecule has 0 amide bonds. The lowest BCUT2D eigenvalue weighted by atomic mass is 10.2. The maximum atomic E-state index is 4.05. The Morgan fingerprint density at radius 3 is 2.64 bits per heavy atom. The molecule has 0 aliphatic carbocycles. The van der Waals surface area contributed by atoms with E-state index in [4.69, 9.17) is 0 Å². The van der Waals surface area contributed by atoms with Gasteiger partial charge in [-0.05, 0) is 30.7 Å². The van der Waals surface area contributed by atoms with Gasteiger partial charge in [-0.1, -0.05) is 15.9 Å². The van der Waals surface area contributed by atoms with Crippen molar-refractivity contribution in [3.63, 3.8) is 0 Å². The molecular weight excluding hydrogens is 242 g/mol. The molecule has 0 atom stereocenters.